The van der Waals surface area contributed by atoms with Crippen LogP contribution in [0.25, 0.3) is 0 Å². The molecule has 0 aliphatic carbocycles. The molecule has 4 heavy (non-hydrogen) atoms. The molecule has 0 saturated heterocycles. The Hall–Kier alpha value is 0.0234. The molecular weight excluding hydrogens is 111 g/mol. The first-order valence-corrected chi connectivity index (χ1v) is 0.383. The molecule has 0 aromatic rings. The molecule has 0 radical (unpaired) electrons. The van der Waals surface area contributed by atoms with Crippen molar-refractivity contribution in [3.05, 3.63) is 4.91 Å². The predicted octanol–water partition coefficient (Wildman–Crippen LogP) is 1.62. The van der Waals surface area contributed by atoms with Crippen molar-refractivity contribution in [1.29, 1.82) is 0 Å². The van der Waals surface area contributed by atoms with Crippen LogP contribution in [0.15, 0.2) is 5.34 Å². The standard InChI is InChI=1S/HNO2.Zn.6H2/c2-1-3;;;;;;;/h(H,2,3);;6*1H. The molecule has 0 amide bonds. The van der Waals surface area contributed by atoms with Gasteiger partial charge in [-0.2, -0.15) is 0 Å². The molecule has 4 heteroatoms. The smallest absolute Gasteiger partial charge is 0.152 e. The molecule has 1 N–H and O–H groups in total. The van der Waals surface area contributed by atoms with Crippen molar-refractivity contribution in [3.8, 4) is 0 Å². The van der Waals surface area contributed by atoms with E-state index in [4.69, 9.17) is 10.1 Å². The summed E-state index contributed by atoms with van der Waals surface area (Å²) in [7, 11) is 0. The first-order chi connectivity index (χ1) is 1.41. The molecule has 0 heterocycles. The molecule has 0 fully saturated rings. The molecule has 0 atom stereocenters. The third-order valence-electron chi connectivity index (χ3n) is 0. The van der Waals surface area contributed by atoms with E-state index in [1.54, 1.807) is 0 Å². The second-order valence-corrected chi connectivity index (χ2v) is 0.0816. The maximum Gasteiger partial charge on any atom is 0.152 e. The monoisotopic (exact) mass is 123 g/mol. The summed E-state index contributed by atoms with van der Waals surface area (Å²) in [5.74, 6) is 0. The van der Waals surface area contributed by atoms with Crippen LogP contribution in [-0.2, 0) is 19.5 Å². The fraction of sp³-hybridized carbons (Fsp3) is 0. The van der Waals surface area contributed by atoms with Crippen molar-refractivity contribution in [2.45, 2.75) is 0 Å². The Balaban J connectivity index is -0.000000000952. The van der Waals surface area contributed by atoms with Gasteiger partial charge in [-0.3, -0.25) is 0 Å². The summed E-state index contributed by atoms with van der Waals surface area (Å²) in [6.07, 6.45) is 0. The van der Waals surface area contributed by atoms with Crippen molar-refractivity contribution in [2.75, 3.05) is 0 Å². The van der Waals surface area contributed by atoms with Crippen LogP contribution in [0.5, 0.6) is 0 Å². The van der Waals surface area contributed by atoms with E-state index >= 15 is 0 Å². The van der Waals surface area contributed by atoms with E-state index < -0.39 is 0 Å². The van der Waals surface area contributed by atoms with Crippen LogP contribution in [0, 0.1) is 4.91 Å². The minimum atomic E-state index is 0. The number of nitrogens with zero attached hydrogens (tertiary/aromatic N) is 1. The molecular formula is H13NO2Zn. The van der Waals surface area contributed by atoms with Gasteiger partial charge in [-0.05, 0) is 0 Å². The largest absolute Gasteiger partial charge is 0.379 e. The van der Waals surface area contributed by atoms with Crippen LogP contribution in [0.4, 0.5) is 0 Å². The molecule has 0 rings (SSSR count). The van der Waals surface area contributed by atoms with Crippen molar-refractivity contribution in [1.82, 2.24) is 0 Å². The second-order valence-electron chi connectivity index (χ2n) is 0.0816. The summed E-state index contributed by atoms with van der Waals surface area (Å²) < 4.78 is 0. The van der Waals surface area contributed by atoms with E-state index in [0.717, 1.165) is 0 Å². The van der Waals surface area contributed by atoms with E-state index in [0.29, 0.717) is 0 Å². The number of hydrogen-bond donors (Lipinski definition) is 1. The molecule has 0 aliphatic heterocycles. The van der Waals surface area contributed by atoms with Crippen LogP contribution in [0.3, 0.4) is 0 Å². The second kappa shape index (κ2) is 11.8. The van der Waals surface area contributed by atoms with Crippen molar-refractivity contribution in [2.24, 2.45) is 5.34 Å². The summed E-state index contributed by atoms with van der Waals surface area (Å²) in [5.41, 5.74) is 0. The average molecular weight is 124 g/mol. The summed E-state index contributed by atoms with van der Waals surface area (Å²) in [6.45, 7) is 0. The molecule has 0 bridgehead atoms. The third-order valence-corrected chi connectivity index (χ3v) is 0. The fourth-order valence-electron chi connectivity index (χ4n) is 0. The summed E-state index contributed by atoms with van der Waals surface area (Å²) in [4.78, 5) is 8.11. The molecule has 0 unspecified atom stereocenters. The predicted molar refractivity (Wildman–Crippen MR) is 20.3 cm³/mol. The molecule has 3 nitrogen and oxygen atoms in total. The molecule has 0 saturated carbocycles. The normalized spacial score (nSPS) is 3.00. The Morgan fingerprint density at radius 3 is 2.00 bits per heavy atom. The van der Waals surface area contributed by atoms with Gasteiger partial charge in [0.2, 0.25) is 0 Å². The van der Waals surface area contributed by atoms with Gasteiger partial charge >= 0.3 is 0 Å². The van der Waals surface area contributed by atoms with E-state index in [2.05, 4.69) is 0 Å². The van der Waals surface area contributed by atoms with Gasteiger partial charge < -0.3 is 5.21 Å². The third kappa shape index (κ3) is 3880. The Kier molecular flexibility index (Phi) is 26.5. The maximum absolute atomic E-state index is 8.11. The van der Waals surface area contributed by atoms with E-state index in [1.807, 2.05) is 0 Å². The number of rotatable bonds is 0. The first kappa shape index (κ1) is 8.98. The van der Waals surface area contributed by atoms with Gasteiger partial charge in [0.1, 0.15) is 0 Å². The van der Waals surface area contributed by atoms with Crippen LogP contribution >= 0.6 is 0 Å². The zero-order valence-corrected chi connectivity index (χ0v) is 4.98. The SMILES string of the molecule is O=NO.[HH].[HH].[HH].[HH].[HH].[HH].[Zn]. The minimum absolute atomic E-state index is 0. The molecule has 0 aromatic carbocycles. The maximum atomic E-state index is 8.11. The quantitative estimate of drug-likeness (QED) is 0.303. The van der Waals surface area contributed by atoms with Gasteiger partial charge in [0.15, 0.2) is 5.34 Å². The van der Waals surface area contributed by atoms with Gasteiger partial charge in [-0.1, -0.05) is 0 Å². The number of hydrogen-bond acceptors (Lipinski definition) is 2. The van der Waals surface area contributed by atoms with Crippen molar-refractivity contribution < 1.29 is 33.2 Å². The first-order valence-electron chi connectivity index (χ1n) is 0.383. The summed E-state index contributed by atoms with van der Waals surface area (Å²) in [5, 5.41) is 7.89. The van der Waals surface area contributed by atoms with Gasteiger partial charge in [-0.25, -0.2) is 0 Å². The van der Waals surface area contributed by atoms with Crippen molar-refractivity contribution in [3.63, 3.8) is 0 Å². The molecule has 0 aromatic heterocycles. The van der Waals surface area contributed by atoms with Crippen LogP contribution in [0.1, 0.15) is 8.56 Å². The van der Waals surface area contributed by atoms with E-state index in [-0.39, 0.29) is 28.0 Å². The van der Waals surface area contributed by atoms with E-state index in [1.165, 1.54) is 5.34 Å². The Bertz CT molecular complexity index is 23.2. The van der Waals surface area contributed by atoms with Gasteiger partial charge in [0.25, 0.3) is 0 Å². The average Bonchev–Trinajstić information content (AvgIpc) is 0.918. The Labute approximate surface area is 44.6 Å². The minimum Gasteiger partial charge on any atom is -0.379 e. The topological polar surface area (TPSA) is 49.7 Å². The summed E-state index contributed by atoms with van der Waals surface area (Å²) in [6, 6.07) is 0. The Morgan fingerprint density at radius 2 is 2.00 bits per heavy atom. The fourth-order valence-corrected chi connectivity index (χ4v) is 0. The Morgan fingerprint density at radius 1 is 2.00 bits per heavy atom. The van der Waals surface area contributed by atoms with Crippen LogP contribution < -0.4 is 0 Å². The van der Waals surface area contributed by atoms with Gasteiger partial charge in [0.05, 0.1) is 0 Å². The zero-order chi connectivity index (χ0) is 2.71. The van der Waals surface area contributed by atoms with Crippen molar-refractivity contribution >= 4 is 0 Å². The molecule has 32 valence electrons. The van der Waals surface area contributed by atoms with Crippen LogP contribution in [-0.4, -0.2) is 5.21 Å². The van der Waals surface area contributed by atoms with Gasteiger partial charge in [0, 0.05) is 28.0 Å². The van der Waals surface area contributed by atoms with E-state index in [9.17, 15) is 0 Å². The van der Waals surface area contributed by atoms with Crippen LogP contribution in [0.2, 0.25) is 0 Å². The zero-order valence-electron chi connectivity index (χ0n) is 2.01. The molecule has 0 aliphatic rings. The van der Waals surface area contributed by atoms with Gasteiger partial charge in [-0.15, -0.1) is 4.91 Å². The summed E-state index contributed by atoms with van der Waals surface area (Å²) >= 11 is 0. The molecule has 0 spiro atoms.